The van der Waals surface area contributed by atoms with Gasteiger partial charge >= 0.3 is 0 Å². The molecule has 1 aromatic heterocycles. The third-order valence-corrected chi connectivity index (χ3v) is 2.29. The molecular weight excluding hydrogens is 158 g/mol. The Morgan fingerprint density at radius 3 is 2.55 bits per heavy atom. The van der Waals surface area contributed by atoms with Crippen molar-refractivity contribution in [1.29, 1.82) is 0 Å². The van der Waals surface area contributed by atoms with Crippen LogP contribution in [0.15, 0.2) is 5.38 Å². The third kappa shape index (κ3) is 1.91. The number of anilines is 1. The molecule has 1 unspecified atom stereocenters. The molecule has 0 saturated heterocycles. The molecule has 62 valence electrons. The van der Waals surface area contributed by atoms with E-state index in [0.29, 0.717) is 11.0 Å². The summed E-state index contributed by atoms with van der Waals surface area (Å²) >= 11 is 1.44. The van der Waals surface area contributed by atoms with Crippen molar-refractivity contribution >= 4 is 16.5 Å². The van der Waals surface area contributed by atoms with Gasteiger partial charge in [-0.15, -0.1) is 11.3 Å². The monoisotopic (exact) mass is 171 g/mol. The summed E-state index contributed by atoms with van der Waals surface area (Å²) in [5.41, 5.74) is 12.2. The zero-order chi connectivity index (χ0) is 8.43. The minimum atomic E-state index is 0.0172. The van der Waals surface area contributed by atoms with Crippen molar-refractivity contribution < 1.29 is 0 Å². The lowest BCUT2D eigenvalue weighted by atomic mass is 10.0. The van der Waals surface area contributed by atoms with E-state index in [9.17, 15) is 0 Å². The summed E-state index contributed by atoms with van der Waals surface area (Å²) in [6.45, 7) is 4.14. The Labute approximate surface area is 70.4 Å². The largest absolute Gasteiger partial charge is 0.375 e. The zero-order valence-electron chi connectivity index (χ0n) is 6.74. The highest BCUT2D eigenvalue weighted by atomic mass is 32.1. The molecule has 11 heavy (non-hydrogen) atoms. The molecule has 1 atom stereocenters. The molecule has 0 bridgehead atoms. The van der Waals surface area contributed by atoms with Gasteiger partial charge in [0.1, 0.15) is 0 Å². The van der Waals surface area contributed by atoms with Gasteiger partial charge in [0.25, 0.3) is 0 Å². The van der Waals surface area contributed by atoms with E-state index >= 15 is 0 Å². The molecule has 0 aliphatic heterocycles. The summed E-state index contributed by atoms with van der Waals surface area (Å²) in [4.78, 5) is 4.10. The molecule has 0 aliphatic rings. The van der Waals surface area contributed by atoms with Gasteiger partial charge in [-0.25, -0.2) is 4.98 Å². The topological polar surface area (TPSA) is 64.9 Å². The first-order valence-electron chi connectivity index (χ1n) is 3.57. The Hall–Kier alpha value is -0.610. The lowest BCUT2D eigenvalue weighted by Crippen LogP contribution is -2.16. The van der Waals surface area contributed by atoms with Crippen LogP contribution < -0.4 is 11.5 Å². The molecule has 0 saturated carbocycles. The van der Waals surface area contributed by atoms with Crippen molar-refractivity contribution in [2.45, 2.75) is 19.9 Å². The smallest absolute Gasteiger partial charge is 0.180 e. The number of nitrogen functional groups attached to an aromatic ring is 1. The van der Waals surface area contributed by atoms with Gasteiger partial charge in [-0.2, -0.15) is 0 Å². The highest BCUT2D eigenvalue weighted by molar-refractivity contribution is 7.13. The molecule has 1 rings (SSSR count). The van der Waals surface area contributed by atoms with Gasteiger partial charge in [0.05, 0.1) is 11.7 Å². The lowest BCUT2D eigenvalue weighted by Gasteiger charge is -2.11. The summed E-state index contributed by atoms with van der Waals surface area (Å²) < 4.78 is 0. The number of nitrogens with two attached hydrogens (primary N) is 2. The predicted octanol–water partition coefficient (Wildman–Crippen LogP) is 1.38. The summed E-state index contributed by atoms with van der Waals surface area (Å²) in [5, 5.41) is 2.51. The minimum absolute atomic E-state index is 0.0172. The predicted molar refractivity (Wildman–Crippen MR) is 48.3 cm³/mol. The van der Waals surface area contributed by atoms with Crippen LogP contribution in [0.5, 0.6) is 0 Å². The van der Waals surface area contributed by atoms with E-state index in [4.69, 9.17) is 11.5 Å². The van der Waals surface area contributed by atoms with Gasteiger partial charge in [0, 0.05) is 5.38 Å². The summed E-state index contributed by atoms with van der Waals surface area (Å²) in [6.07, 6.45) is 0. The van der Waals surface area contributed by atoms with Crippen molar-refractivity contribution in [3.8, 4) is 0 Å². The van der Waals surface area contributed by atoms with E-state index in [1.54, 1.807) is 0 Å². The van der Waals surface area contributed by atoms with E-state index in [2.05, 4.69) is 18.8 Å². The Bertz CT molecular complexity index is 231. The molecule has 0 radical (unpaired) electrons. The highest BCUT2D eigenvalue weighted by Gasteiger charge is 2.12. The molecule has 1 heterocycles. The van der Waals surface area contributed by atoms with Crippen LogP contribution in [0.25, 0.3) is 0 Å². The molecule has 4 heteroatoms. The number of rotatable bonds is 2. The van der Waals surface area contributed by atoms with Gasteiger partial charge < -0.3 is 11.5 Å². The lowest BCUT2D eigenvalue weighted by molar-refractivity contribution is 0.505. The average Bonchev–Trinajstić information content (AvgIpc) is 2.34. The number of hydrogen-bond donors (Lipinski definition) is 2. The normalized spacial score (nSPS) is 13.8. The van der Waals surface area contributed by atoms with E-state index in [1.165, 1.54) is 11.3 Å². The second-order valence-electron chi connectivity index (χ2n) is 2.88. The van der Waals surface area contributed by atoms with Crippen LogP contribution in [0.3, 0.4) is 0 Å². The van der Waals surface area contributed by atoms with E-state index in [0.717, 1.165) is 5.69 Å². The van der Waals surface area contributed by atoms with E-state index in [1.807, 2.05) is 5.38 Å². The van der Waals surface area contributed by atoms with Gasteiger partial charge in [0.15, 0.2) is 5.13 Å². The number of thiazole rings is 1. The SMILES string of the molecule is CC(C)C(N)c1csc(N)n1. The van der Waals surface area contributed by atoms with Crippen LogP contribution in [-0.2, 0) is 0 Å². The summed E-state index contributed by atoms with van der Waals surface area (Å²) in [5.74, 6) is 0.413. The highest BCUT2D eigenvalue weighted by Crippen LogP contribution is 2.21. The van der Waals surface area contributed by atoms with Crippen LogP contribution in [0, 0.1) is 5.92 Å². The van der Waals surface area contributed by atoms with Gasteiger partial charge in [-0.3, -0.25) is 0 Å². The Balaban J connectivity index is 2.76. The van der Waals surface area contributed by atoms with Crippen LogP contribution in [-0.4, -0.2) is 4.98 Å². The third-order valence-electron chi connectivity index (χ3n) is 1.60. The maximum Gasteiger partial charge on any atom is 0.180 e. The summed E-state index contributed by atoms with van der Waals surface area (Å²) in [6, 6.07) is 0.0172. The van der Waals surface area contributed by atoms with Crippen LogP contribution in [0.4, 0.5) is 5.13 Å². The molecule has 3 nitrogen and oxygen atoms in total. The molecular formula is C7H13N3S. The Morgan fingerprint density at radius 1 is 1.55 bits per heavy atom. The van der Waals surface area contributed by atoms with Crippen molar-refractivity contribution in [3.63, 3.8) is 0 Å². The molecule has 0 fully saturated rings. The van der Waals surface area contributed by atoms with Gasteiger partial charge in [0.2, 0.25) is 0 Å². The fourth-order valence-corrected chi connectivity index (χ4v) is 1.40. The number of nitrogens with zero attached hydrogens (tertiary/aromatic N) is 1. The quantitative estimate of drug-likeness (QED) is 0.706. The number of aromatic nitrogens is 1. The first-order chi connectivity index (χ1) is 5.11. The Morgan fingerprint density at radius 2 is 2.18 bits per heavy atom. The minimum Gasteiger partial charge on any atom is -0.375 e. The first kappa shape index (κ1) is 8.49. The van der Waals surface area contributed by atoms with Crippen molar-refractivity contribution in [3.05, 3.63) is 11.1 Å². The molecule has 4 N–H and O–H groups in total. The maximum atomic E-state index is 5.84. The molecule has 1 aromatic rings. The molecule has 0 amide bonds. The molecule has 0 aliphatic carbocycles. The van der Waals surface area contributed by atoms with Crippen molar-refractivity contribution in [2.24, 2.45) is 11.7 Å². The zero-order valence-corrected chi connectivity index (χ0v) is 7.56. The maximum absolute atomic E-state index is 5.84. The fraction of sp³-hybridized carbons (Fsp3) is 0.571. The van der Waals surface area contributed by atoms with Crippen molar-refractivity contribution in [1.82, 2.24) is 4.98 Å². The second-order valence-corrected chi connectivity index (χ2v) is 3.77. The Kier molecular flexibility index (Phi) is 2.46. The number of hydrogen-bond acceptors (Lipinski definition) is 4. The van der Waals surface area contributed by atoms with Crippen LogP contribution in [0.2, 0.25) is 0 Å². The average molecular weight is 171 g/mol. The second kappa shape index (κ2) is 3.19. The van der Waals surface area contributed by atoms with Crippen molar-refractivity contribution in [2.75, 3.05) is 5.73 Å². The first-order valence-corrected chi connectivity index (χ1v) is 4.45. The van der Waals surface area contributed by atoms with E-state index < -0.39 is 0 Å². The van der Waals surface area contributed by atoms with Crippen LogP contribution >= 0.6 is 11.3 Å². The van der Waals surface area contributed by atoms with Gasteiger partial charge in [-0.05, 0) is 5.92 Å². The van der Waals surface area contributed by atoms with E-state index in [-0.39, 0.29) is 6.04 Å². The van der Waals surface area contributed by atoms with Crippen LogP contribution in [0.1, 0.15) is 25.6 Å². The molecule has 0 spiro atoms. The molecule has 0 aromatic carbocycles. The van der Waals surface area contributed by atoms with Gasteiger partial charge in [-0.1, -0.05) is 13.8 Å². The standard InChI is InChI=1S/C7H13N3S/c1-4(2)6(8)5-3-11-7(9)10-5/h3-4,6H,8H2,1-2H3,(H2,9,10). The fourth-order valence-electron chi connectivity index (χ4n) is 0.795. The summed E-state index contributed by atoms with van der Waals surface area (Å²) in [7, 11) is 0.